The molecule has 1 heterocycles. The third-order valence-corrected chi connectivity index (χ3v) is 6.70. The number of rotatable bonds is 8. The number of benzene rings is 2. The van der Waals surface area contributed by atoms with Crippen molar-refractivity contribution in [1.82, 2.24) is 5.32 Å². The summed E-state index contributed by atoms with van der Waals surface area (Å²) in [4.78, 5) is 26.7. The number of carbonyl (C=O) groups is 2. The molecule has 0 saturated carbocycles. The van der Waals surface area contributed by atoms with E-state index in [4.69, 9.17) is 9.47 Å². The molecule has 0 bridgehead atoms. The molecule has 0 radical (unpaired) electrons. The highest BCUT2D eigenvalue weighted by Crippen LogP contribution is 2.36. The van der Waals surface area contributed by atoms with Gasteiger partial charge in [0.05, 0.1) is 6.61 Å². The molecular formula is C26H33NO4S. The lowest BCUT2D eigenvalue weighted by atomic mass is 9.82. The highest BCUT2D eigenvalue weighted by atomic mass is 32.2. The van der Waals surface area contributed by atoms with Crippen LogP contribution in [0.3, 0.4) is 0 Å². The average Bonchev–Trinajstić information content (AvgIpc) is 3.26. The van der Waals surface area contributed by atoms with Gasteiger partial charge in [0, 0.05) is 35.4 Å². The van der Waals surface area contributed by atoms with E-state index in [2.05, 4.69) is 17.4 Å². The van der Waals surface area contributed by atoms with Crippen molar-refractivity contribution in [2.75, 3.05) is 26.0 Å². The van der Waals surface area contributed by atoms with Gasteiger partial charge >= 0.3 is 5.97 Å². The van der Waals surface area contributed by atoms with E-state index in [0.29, 0.717) is 18.9 Å². The Hall–Kier alpha value is -2.31. The van der Waals surface area contributed by atoms with Crippen LogP contribution in [-0.4, -0.2) is 43.3 Å². The molecule has 3 rings (SSSR count). The van der Waals surface area contributed by atoms with Gasteiger partial charge in [-0.05, 0) is 69.7 Å². The molecule has 1 saturated heterocycles. The van der Waals surface area contributed by atoms with E-state index in [9.17, 15) is 9.59 Å². The molecule has 2 atom stereocenters. The van der Waals surface area contributed by atoms with Crippen LogP contribution in [0, 0.1) is 19.8 Å². The summed E-state index contributed by atoms with van der Waals surface area (Å²) in [6.07, 6.45) is 2.03. The Bertz CT molecular complexity index is 961. The first-order chi connectivity index (χ1) is 15.2. The van der Waals surface area contributed by atoms with E-state index in [1.54, 1.807) is 32.5 Å². The Morgan fingerprint density at radius 3 is 2.28 bits per heavy atom. The number of ether oxygens (including phenoxy) is 2. The lowest BCUT2D eigenvalue weighted by Crippen LogP contribution is -2.40. The summed E-state index contributed by atoms with van der Waals surface area (Å²) >= 11 is 1.67. The summed E-state index contributed by atoms with van der Waals surface area (Å²) in [6.45, 7) is 10.9. The zero-order chi connectivity index (χ0) is 23.5. The predicted molar refractivity (Wildman–Crippen MR) is 129 cm³/mol. The third-order valence-electron chi connectivity index (χ3n) is 5.96. The van der Waals surface area contributed by atoms with E-state index in [1.807, 2.05) is 44.4 Å². The van der Waals surface area contributed by atoms with Crippen LogP contribution in [0.25, 0.3) is 0 Å². The first-order valence-corrected chi connectivity index (χ1v) is 12.3. The Kier molecular flexibility index (Phi) is 7.67. The summed E-state index contributed by atoms with van der Waals surface area (Å²) in [5.41, 5.74) is 2.68. The summed E-state index contributed by atoms with van der Waals surface area (Å²) in [5, 5.41) is 3.40. The van der Waals surface area contributed by atoms with Crippen LogP contribution in [0.1, 0.15) is 53.7 Å². The smallest absolute Gasteiger partial charge is 0.349 e. The number of thioether (sulfide) groups is 1. The minimum Gasteiger partial charge on any atom is -0.476 e. The fourth-order valence-electron chi connectivity index (χ4n) is 4.23. The molecule has 1 aliphatic heterocycles. The van der Waals surface area contributed by atoms with E-state index in [0.717, 1.165) is 33.7 Å². The van der Waals surface area contributed by atoms with Crippen molar-refractivity contribution in [2.24, 2.45) is 5.92 Å². The quantitative estimate of drug-likeness (QED) is 0.346. The average molecular weight is 456 g/mol. The van der Waals surface area contributed by atoms with Crippen molar-refractivity contribution in [2.45, 2.75) is 51.0 Å². The van der Waals surface area contributed by atoms with Gasteiger partial charge in [0.15, 0.2) is 11.4 Å². The zero-order valence-corrected chi connectivity index (χ0v) is 20.6. The zero-order valence-electron chi connectivity index (χ0n) is 19.8. The highest BCUT2D eigenvalue weighted by molar-refractivity contribution is 7.98. The number of aryl methyl sites for hydroxylation is 2. The number of hydrogen-bond donors (Lipinski definition) is 1. The minimum atomic E-state index is -1.08. The Balaban J connectivity index is 1.84. The maximum atomic E-state index is 13.3. The standard InChI is InChI=1S/C26H33NO4S/c1-7-30-25(29)26(4,5)31-24-16(2)12-19(13-17(24)3)21-14-27-15-22(21)23(28)18-8-10-20(32-6)11-9-18/h8-13,21-22,27H,7,14-15H2,1-6H3/t21-,22+/m0/s1. The second kappa shape index (κ2) is 10.1. The molecule has 1 fully saturated rings. The van der Waals surface area contributed by atoms with Crippen LogP contribution >= 0.6 is 11.8 Å². The van der Waals surface area contributed by atoms with E-state index in [1.165, 1.54) is 0 Å². The molecule has 1 N–H and O–H groups in total. The van der Waals surface area contributed by atoms with Crippen LogP contribution in [0.2, 0.25) is 0 Å². The van der Waals surface area contributed by atoms with Gasteiger partial charge in [0.2, 0.25) is 0 Å². The van der Waals surface area contributed by atoms with E-state index < -0.39 is 5.60 Å². The van der Waals surface area contributed by atoms with Crippen molar-refractivity contribution < 1.29 is 19.1 Å². The van der Waals surface area contributed by atoms with Gasteiger partial charge in [0.25, 0.3) is 0 Å². The number of hydrogen-bond acceptors (Lipinski definition) is 6. The van der Waals surface area contributed by atoms with Crippen molar-refractivity contribution in [1.29, 1.82) is 0 Å². The van der Waals surface area contributed by atoms with Gasteiger partial charge in [-0.1, -0.05) is 24.3 Å². The molecule has 2 aromatic rings. The Morgan fingerprint density at radius 1 is 1.09 bits per heavy atom. The number of Topliss-reactive ketones (excluding diaryl/α,β-unsaturated/α-hetero) is 1. The molecule has 0 amide bonds. The number of ketones is 1. The van der Waals surface area contributed by atoms with Gasteiger partial charge in [-0.2, -0.15) is 0 Å². The van der Waals surface area contributed by atoms with Gasteiger partial charge in [-0.3, -0.25) is 4.79 Å². The van der Waals surface area contributed by atoms with Crippen LogP contribution in [-0.2, 0) is 9.53 Å². The second-order valence-electron chi connectivity index (χ2n) is 8.78. The van der Waals surface area contributed by atoms with Crippen LogP contribution < -0.4 is 10.1 Å². The van der Waals surface area contributed by atoms with Crippen LogP contribution in [0.5, 0.6) is 5.75 Å². The molecule has 6 heteroatoms. The third kappa shape index (κ3) is 5.18. The largest absolute Gasteiger partial charge is 0.476 e. The minimum absolute atomic E-state index is 0.0900. The summed E-state index contributed by atoms with van der Waals surface area (Å²) in [6, 6.07) is 12.0. The Labute approximate surface area is 195 Å². The second-order valence-corrected chi connectivity index (χ2v) is 9.66. The molecule has 5 nitrogen and oxygen atoms in total. The normalized spacial score (nSPS) is 18.4. The molecule has 32 heavy (non-hydrogen) atoms. The topological polar surface area (TPSA) is 64.6 Å². The first-order valence-electron chi connectivity index (χ1n) is 11.0. The number of nitrogens with one attached hydrogen (secondary N) is 1. The molecule has 1 aliphatic rings. The maximum Gasteiger partial charge on any atom is 0.349 e. The first kappa shape index (κ1) is 24.3. The van der Waals surface area contributed by atoms with Crippen molar-refractivity contribution >= 4 is 23.5 Å². The molecular weight excluding hydrogens is 422 g/mol. The summed E-state index contributed by atoms with van der Waals surface area (Å²) < 4.78 is 11.3. The molecule has 0 aromatic heterocycles. The number of esters is 1. The van der Waals surface area contributed by atoms with Gasteiger partial charge in [0.1, 0.15) is 5.75 Å². The van der Waals surface area contributed by atoms with Gasteiger partial charge < -0.3 is 14.8 Å². The fraction of sp³-hybridized carbons (Fsp3) is 0.462. The lowest BCUT2D eigenvalue weighted by molar-refractivity contribution is -0.158. The van der Waals surface area contributed by atoms with Crippen molar-refractivity contribution in [3.05, 3.63) is 58.7 Å². The molecule has 2 aromatic carbocycles. The van der Waals surface area contributed by atoms with Gasteiger partial charge in [-0.15, -0.1) is 11.8 Å². The monoisotopic (exact) mass is 455 g/mol. The molecule has 172 valence electrons. The van der Waals surface area contributed by atoms with Crippen molar-refractivity contribution in [3.63, 3.8) is 0 Å². The highest BCUT2D eigenvalue weighted by Gasteiger charge is 2.36. The van der Waals surface area contributed by atoms with E-state index >= 15 is 0 Å². The fourth-order valence-corrected chi connectivity index (χ4v) is 4.64. The van der Waals surface area contributed by atoms with E-state index in [-0.39, 0.29) is 23.6 Å². The molecule has 0 unspecified atom stereocenters. The van der Waals surface area contributed by atoms with Crippen molar-refractivity contribution in [3.8, 4) is 5.75 Å². The summed E-state index contributed by atoms with van der Waals surface area (Å²) in [7, 11) is 0. The molecule has 0 aliphatic carbocycles. The maximum absolute atomic E-state index is 13.3. The number of carbonyl (C=O) groups excluding carboxylic acids is 2. The predicted octanol–water partition coefficient (Wildman–Crippen LogP) is 4.93. The Morgan fingerprint density at radius 2 is 1.72 bits per heavy atom. The van der Waals surface area contributed by atoms with Gasteiger partial charge in [-0.25, -0.2) is 4.79 Å². The lowest BCUT2D eigenvalue weighted by Gasteiger charge is -2.27. The SMILES string of the molecule is CCOC(=O)C(C)(C)Oc1c(C)cc([C@@H]2CNC[C@H]2C(=O)c2ccc(SC)cc2)cc1C. The summed E-state index contributed by atoms with van der Waals surface area (Å²) in [5.74, 6) is 0.449. The van der Waals surface area contributed by atoms with Crippen LogP contribution in [0.15, 0.2) is 41.3 Å². The molecule has 0 spiro atoms. The van der Waals surface area contributed by atoms with Crippen LogP contribution in [0.4, 0.5) is 0 Å².